The van der Waals surface area contributed by atoms with Gasteiger partial charge in [-0.15, -0.1) is 0 Å². The van der Waals surface area contributed by atoms with E-state index in [9.17, 15) is 14.4 Å². The minimum atomic E-state index is -1.15. The van der Waals surface area contributed by atoms with Gasteiger partial charge < -0.3 is 20.5 Å². The highest BCUT2D eigenvalue weighted by Crippen LogP contribution is 2.44. The van der Waals surface area contributed by atoms with E-state index in [0.29, 0.717) is 11.3 Å². The number of nitrogens with zero attached hydrogens (tertiary/aromatic N) is 1. The number of carboxylic acids is 1. The van der Waals surface area contributed by atoms with E-state index in [1.165, 1.54) is 18.3 Å². The third-order valence-electron chi connectivity index (χ3n) is 5.60. The molecule has 0 saturated carbocycles. The second-order valence-corrected chi connectivity index (χ2v) is 7.78. The van der Waals surface area contributed by atoms with Crippen molar-refractivity contribution in [2.45, 2.75) is 12.8 Å². The van der Waals surface area contributed by atoms with Crippen LogP contribution < -0.4 is 10.6 Å². The predicted octanol–water partition coefficient (Wildman–Crippen LogP) is 4.20. The Morgan fingerprint density at radius 1 is 1.00 bits per heavy atom. The first kappa shape index (κ1) is 22.7. The van der Waals surface area contributed by atoms with Crippen LogP contribution in [0.2, 0.25) is 0 Å². The zero-order chi connectivity index (χ0) is 24.1. The number of carbonyl (C=O) groups excluding carboxylic acids is 2. The van der Waals surface area contributed by atoms with E-state index in [4.69, 9.17) is 9.84 Å². The monoisotopic (exact) mass is 457 g/mol. The minimum absolute atomic E-state index is 0.0256. The predicted molar refractivity (Wildman–Crippen MR) is 127 cm³/mol. The SMILES string of the molecule is C/C(=C\CNC(=O)OCC1c2ccccc2-c2ccccc21)C(=O)Nc1ccc(C(=O)O)nc1. The summed E-state index contributed by atoms with van der Waals surface area (Å²) < 4.78 is 5.47. The molecule has 8 heteroatoms. The molecule has 172 valence electrons. The van der Waals surface area contributed by atoms with Crippen molar-refractivity contribution < 1.29 is 24.2 Å². The van der Waals surface area contributed by atoms with Crippen LogP contribution >= 0.6 is 0 Å². The summed E-state index contributed by atoms with van der Waals surface area (Å²) in [5.41, 5.74) is 5.21. The minimum Gasteiger partial charge on any atom is -0.477 e. The number of aromatic carboxylic acids is 1. The fraction of sp³-hybridized carbons (Fsp3) is 0.154. The van der Waals surface area contributed by atoms with Gasteiger partial charge in [0, 0.05) is 18.0 Å². The molecule has 1 aliphatic carbocycles. The van der Waals surface area contributed by atoms with Crippen LogP contribution in [0.3, 0.4) is 0 Å². The Labute approximate surface area is 196 Å². The number of benzene rings is 2. The van der Waals surface area contributed by atoms with Gasteiger partial charge in [-0.2, -0.15) is 0 Å². The van der Waals surface area contributed by atoms with Crippen LogP contribution in [-0.2, 0) is 9.53 Å². The molecule has 0 aliphatic heterocycles. The van der Waals surface area contributed by atoms with Gasteiger partial charge in [-0.25, -0.2) is 14.6 Å². The molecule has 0 fully saturated rings. The molecule has 0 bridgehead atoms. The number of hydrogen-bond acceptors (Lipinski definition) is 5. The van der Waals surface area contributed by atoms with Crippen LogP contribution in [0.4, 0.5) is 10.5 Å². The summed E-state index contributed by atoms with van der Waals surface area (Å²) in [6, 6.07) is 19.0. The number of fused-ring (bicyclic) bond motifs is 3. The molecule has 0 radical (unpaired) electrons. The van der Waals surface area contributed by atoms with Gasteiger partial charge in [0.2, 0.25) is 0 Å². The van der Waals surface area contributed by atoms with Gasteiger partial charge in [-0.3, -0.25) is 4.79 Å². The van der Waals surface area contributed by atoms with Crippen molar-refractivity contribution in [1.29, 1.82) is 0 Å². The number of pyridine rings is 1. The van der Waals surface area contributed by atoms with Crippen LogP contribution in [0.5, 0.6) is 0 Å². The van der Waals surface area contributed by atoms with Gasteiger partial charge in [-0.05, 0) is 41.3 Å². The smallest absolute Gasteiger partial charge is 0.407 e. The maximum atomic E-state index is 12.3. The van der Waals surface area contributed by atoms with Crippen molar-refractivity contribution in [1.82, 2.24) is 10.3 Å². The number of alkyl carbamates (subject to hydrolysis) is 1. The Hall–Kier alpha value is -4.46. The highest BCUT2D eigenvalue weighted by atomic mass is 16.5. The Bertz CT molecular complexity index is 1220. The summed E-state index contributed by atoms with van der Waals surface area (Å²) in [7, 11) is 0. The number of aromatic nitrogens is 1. The molecule has 3 N–H and O–H groups in total. The van der Waals surface area contributed by atoms with E-state index in [2.05, 4.69) is 39.9 Å². The van der Waals surface area contributed by atoms with Gasteiger partial charge in [0.1, 0.15) is 12.3 Å². The molecule has 0 unspecified atom stereocenters. The topological polar surface area (TPSA) is 118 Å². The third kappa shape index (κ3) is 4.96. The number of nitrogens with one attached hydrogen (secondary N) is 2. The molecule has 0 saturated heterocycles. The maximum Gasteiger partial charge on any atom is 0.407 e. The molecule has 2 aromatic carbocycles. The zero-order valence-electron chi connectivity index (χ0n) is 18.4. The molecule has 0 atom stereocenters. The van der Waals surface area contributed by atoms with Crippen LogP contribution in [0.15, 0.2) is 78.5 Å². The van der Waals surface area contributed by atoms with Crippen molar-refractivity contribution in [2.24, 2.45) is 0 Å². The van der Waals surface area contributed by atoms with E-state index >= 15 is 0 Å². The van der Waals surface area contributed by atoms with Crippen molar-refractivity contribution in [3.63, 3.8) is 0 Å². The fourth-order valence-electron chi connectivity index (χ4n) is 3.85. The summed E-state index contributed by atoms with van der Waals surface area (Å²) >= 11 is 0. The molecule has 2 amide bonds. The third-order valence-corrected chi connectivity index (χ3v) is 5.60. The Morgan fingerprint density at radius 2 is 1.65 bits per heavy atom. The lowest BCUT2D eigenvalue weighted by Crippen LogP contribution is -2.26. The summed E-state index contributed by atoms with van der Waals surface area (Å²) in [4.78, 5) is 39.1. The molecular weight excluding hydrogens is 434 g/mol. The molecule has 8 nitrogen and oxygen atoms in total. The van der Waals surface area contributed by atoms with E-state index in [1.54, 1.807) is 13.0 Å². The second-order valence-electron chi connectivity index (χ2n) is 7.78. The lowest BCUT2D eigenvalue weighted by atomic mass is 9.98. The van der Waals surface area contributed by atoms with Crippen LogP contribution in [0, 0.1) is 0 Å². The summed E-state index contributed by atoms with van der Waals surface area (Å²) in [5, 5.41) is 14.1. The summed E-state index contributed by atoms with van der Waals surface area (Å²) in [5.74, 6) is -1.56. The van der Waals surface area contributed by atoms with Crippen LogP contribution in [0.25, 0.3) is 11.1 Å². The lowest BCUT2D eigenvalue weighted by molar-refractivity contribution is -0.112. The average Bonchev–Trinajstić information content (AvgIpc) is 3.16. The van der Waals surface area contributed by atoms with E-state index in [0.717, 1.165) is 22.3 Å². The largest absolute Gasteiger partial charge is 0.477 e. The van der Waals surface area contributed by atoms with Crippen LogP contribution in [0.1, 0.15) is 34.5 Å². The molecule has 0 spiro atoms. The van der Waals surface area contributed by atoms with Gasteiger partial charge >= 0.3 is 12.1 Å². The highest BCUT2D eigenvalue weighted by molar-refractivity contribution is 6.03. The number of rotatable bonds is 7. The van der Waals surface area contributed by atoms with Crippen molar-refractivity contribution in [3.05, 3.63) is 95.3 Å². The first-order chi connectivity index (χ1) is 16.4. The van der Waals surface area contributed by atoms with Crippen LogP contribution in [-0.4, -0.2) is 41.2 Å². The molecule has 1 aliphatic rings. The lowest BCUT2D eigenvalue weighted by Gasteiger charge is -2.14. The Kier molecular flexibility index (Phi) is 6.68. The van der Waals surface area contributed by atoms with Crippen molar-refractivity contribution >= 4 is 23.7 Å². The van der Waals surface area contributed by atoms with Crippen molar-refractivity contribution in [3.8, 4) is 11.1 Å². The van der Waals surface area contributed by atoms with E-state index < -0.39 is 12.1 Å². The molecule has 1 aromatic heterocycles. The van der Waals surface area contributed by atoms with Gasteiger partial charge in [0.05, 0.1) is 11.9 Å². The number of carboxylic acid groups (broad SMARTS) is 1. The number of hydrogen-bond donors (Lipinski definition) is 3. The fourth-order valence-corrected chi connectivity index (χ4v) is 3.85. The zero-order valence-corrected chi connectivity index (χ0v) is 18.4. The van der Waals surface area contributed by atoms with Crippen molar-refractivity contribution in [2.75, 3.05) is 18.5 Å². The normalized spacial score (nSPS) is 12.4. The van der Waals surface area contributed by atoms with E-state index in [1.807, 2.05) is 24.3 Å². The summed E-state index contributed by atoms with van der Waals surface area (Å²) in [6.07, 6.45) is 2.26. The number of amides is 2. The molecular formula is C26H23N3O5. The first-order valence-corrected chi connectivity index (χ1v) is 10.7. The molecule has 34 heavy (non-hydrogen) atoms. The summed E-state index contributed by atoms with van der Waals surface area (Å²) in [6.45, 7) is 1.93. The highest BCUT2D eigenvalue weighted by Gasteiger charge is 2.28. The average molecular weight is 457 g/mol. The molecule has 3 aromatic rings. The number of anilines is 1. The second kappa shape index (κ2) is 9.99. The number of ether oxygens (including phenoxy) is 1. The molecule has 1 heterocycles. The first-order valence-electron chi connectivity index (χ1n) is 10.7. The standard InChI is InChI=1S/C26H23N3O5/c1-16(24(30)29-17-10-11-23(25(31)32)28-14-17)12-13-27-26(33)34-15-22-20-8-4-2-6-18(20)19-7-3-5-9-21(19)22/h2-12,14,22H,13,15H2,1H3,(H,27,33)(H,29,30)(H,31,32)/b16-12+. The Balaban J connectivity index is 1.28. The molecule has 4 rings (SSSR count). The van der Waals surface area contributed by atoms with Gasteiger partial charge in [0.25, 0.3) is 5.91 Å². The quantitative estimate of drug-likeness (QED) is 0.458. The van der Waals surface area contributed by atoms with Gasteiger partial charge in [-0.1, -0.05) is 54.6 Å². The van der Waals surface area contributed by atoms with Gasteiger partial charge in [0.15, 0.2) is 0 Å². The number of carbonyl (C=O) groups is 3. The van der Waals surface area contributed by atoms with E-state index in [-0.39, 0.29) is 30.7 Å². The maximum absolute atomic E-state index is 12.3. The Morgan fingerprint density at radius 3 is 2.24 bits per heavy atom.